The van der Waals surface area contributed by atoms with Gasteiger partial charge in [-0.05, 0) is 45.2 Å². The largest absolute Gasteiger partial charge is 0.444 e. The molecule has 1 amide bonds. The predicted molar refractivity (Wildman–Crippen MR) is 98.7 cm³/mol. The van der Waals surface area contributed by atoms with Crippen LogP contribution in [0, 0.1) is 5.92 Å². The number of ether oxygens (including phenoxy) is 1. The van der Waals surface area contributed by atoms with Gasteiger partial charge in [-0.1, -0.05) is 32.0 Å². The number of hydrogen-bond donors (Lipinski definition) is 1. The van der Waals surface area contributed by atoms with E-state index in [1.165, 1.54) is 0 Å². The fraction of sp³-hybridized carbons (Fsp3) is 0.611. The average molecular weight is 355 g/mol. The van der Waals surface area contributed by atoms with E-state index in [-0.39, 0.29) is 6.04 Å². The van der Waals surface area contributed by atoms with Gasteiger partial charge < -0.3 is 10.1 Å². The standard InChI is InChI=1S/C18H30N2O3S/c1-14(2)12-15(20-17(21)23-18(3,4)5)13-19-24(6,22)16-10-8-7-9-11-16/h7-11,14-15H,12-13H2,1-6H3,(H,20,21)/t15-,24?/m0/s1. The molecule has 1 aromatic rings. The monoisotopic (exact) mass is 354 g/mol. The second-order valence-electron chi connectivity index (χ2n) is 7.40. The van der Waals surface area contributed by atoms with E-state index in [4.69, 9.17) is 4.74 Å². The Hall–Kier alpha value is -1.56. The van der Waals surface area contributed by atoms with Crippen molar-refractivity contribution < 1.29 is 13.7 Å². The number of amides is 1. The van der Waals surface area contributed by atoms with Gasteiger partial charge in [-0.15, -0.1) is 0 Å². The van der Waals surface area contributed by atoms with E-state index >= 15 is 0 Å². The molecule has 2 atom stereocenters. The molecule has 0 saturated heterocycles. The quantitative estimate of drug-likeness (QED) is 0.837. The lowest BCUT2D eigenvalue weighted by Crippen LogP contribution is -2.41. The number of nitrogens with zero attached hydrogens (tertiary/aromatic N) is 1. The highest BCUT2D eigenvalue weighted by atomic mass is 32.2. The average Bonchev–Trinajstić information content (AvgIpc) is 2.43. The van der Waals surface area contributed by atoms with Gasteiger partial charge in [-0.2, -0.15) is 0 Å². The lowest BCUT2D eigenvalue weighted by molar-refractivity contribution is 0.0501. The van der Waals surface area contributed by atoms with Crippen LogP contribution in [0.25, 0.3) is 0 Å². The second kappa shape index (κ2) is 8.51. The lowest BCUT2D eigenvalue weighted by Gasteiger charge is -2.24. The number of carbonyl (C=O) groups excluding carboxylic acids is 1. The molecule has 0 saturated carbocycles. The summed E-state index contributed by atoms with van der Waals surface area (Å²) in [5, 5.41) is 2.85. The summed E-state index contributed by atoms with van der Waals surface area (Å²) in [6.07, 6.45) is 1.90. The highest BCUT2D eigenvalue weighted by Crippen LogP contribution is 2.13. The Morgan fingerprint density at radius 2 is 1.83 bits per heavy atom. The summed E-state index contributed by atoms with van der Waals surface area (Å²) in [4.78, 5) is 12.7. The van der Waals surface area contributed by atoms with Gasteiger partial charge >= 0.3 is 6.09 Å². The van der Waals surface area contributed by atoms with Crippen LogP contribution >= 0.6 is 0 Å². The van der Waals surface area contributed by atoms with Crippen molar-refractivity contribution >= 4 is 15.8 Å². The van der Waals surface area contributed by atoms with Crippen molar-refractivity contribution in [1.82, 2.24) is 5.32 Å². The van der Waals surface area contributed by atoms with Crippen LogP contribution in [0.1, 0.15) is 41.0 Å². The van der Waals surface area contributed by atoms with Crippen LogP contribution in [0.2, 0.25) is 0 Å². The second-order valence-corrected chi connectivity index (χ2v) is 9.73. The Morgan fingerprint density at radius 3 is 2.33 bits per heavy atom. The number of hydrogen-bond acceptors (Lipinski definition) is 4. The van der Waals surface area contributed by atoms with E-state index in [1.807, 2.05) is 51.1 Å². The van der Waals surface area contributed by atoms with Crippen LogP contribution < -0.4 is 5.32 Å². The topological polar surface area (TPSA) is 67.8 Å². The van der Waals surface area contributed by atoms with Crippen molar-refractivity contribution in [3.63, 3.8) is 0 Å². The van der Waals surface area contributed by atoms with Gasteiger partial charge in [0.2, 0.25) is 0 Å². The SMILES string of the molecule is CC(C)C[C@@H](CN=S(C)(=O)c1ccccc1)NC(=O)OC(C)(C)C. The van der Waals surface area contributed by atoms with E-state index in [1.54, 1.807) is 6.26 Å². The minimum Gasteiger partial charge on any atom is -0.444 e. The molecule has 0 aromatic heterocycles. The molecule has 6 heteroatoms. The molecule has 5 nitrogen and oxygen atoms in total. The normalized spacial score (nSPS) is 15.5. The predicted octanol–water partition coefficient (Wildman–Crippen LogP) is 4.08. The van der Waals surface area contributed by atoms with Gasteiger partial charge in [0.1, 0.15) is 5.60 Å². The third-order valence-electron chi connectivity index (χ3n) is 3.20. The zero-order chi connectivity index (χ0) is 18.4. The van der Waals surface area contributed by atoms with E-state index in [2.05, 4.69) is 23.5 Å². The van der Waals surface area contributed by atoms with Gasteiger partial charge in [0.15, 0.2) is 0 Å². The minimum atomic E-state index is -2.48. The van der Waals surface area contributed by atoms with Gasteiger partial charge in [0.05, 0.1) is 22.3 Å². The molecular weight excluding hydrogens is 324 g/mol. The number of alkyl carbamates (subject to hydrolysis) is 1. The van der Waals surface area contributed by atoms with Crippen LogP contribution in [-0.2, 0) is 14.5 Å². The third kappa shape index (κ3) is 7.81. The van der Waals surface area contributed by atoms with Crippen molar-refractivity contribution in [2.24, 2.45) is 10.3 Å². The molecule has 0 fully saturated rings. The number of rotatable bonds is 6. The van der Waals surface area contributed by atoms with Gasteiger partial charge in [0, 0.05) is 11.2 Å². The molecule has 0 spiro atoms. The molecule has 0 aliphatic heterocycles. The van der Waals surface area contributed by atoms with Crippen molar-refractivity contribution in [3.8, 4) is 0 Å². The Kier molecular flexibility index (Phi) is 7.27. The van der Waals surface area contributed by atoms with Crippen molar-refractivity contribution in [1.29, 1.82) is 0 Å². The zero-order valence-corrected chi connectivity index (χ0v) is 16.4. The zero-order valence-electron chi connectivity index (χ0n) is 15.5. The summed E-state index contributed by atoms with van der Waals surface area (Å²) >= 11 is 0. The van der Waals surface area contributed by atoms with Crippen molar-refractivity contribution in [2.45, 2.75) is 57.6 Å². The first-order valence-corrected chi connectivity index (χ1v) is 10.1. The number of benzene rings is 1. The summed E-state index contributed by atoms with van der Waals surface area (Å²) in [6.45, 7) is 9.91. The number of nitrogens with one attached hydrogen (secondary N) is 1. The van der Waals surface area contributed by atoms with Crippen LogP contribution in [0.15, 0.2) is 39.6 Å². The van der Waals surface area contributed by atoms with Crippen LogP contribution in [0.5, 0.6) is 0 Å². The molecular formula is C18H30N2O3S. The highest BCUT2D eigenvalue weighted by molar-refractivity contribution is 7.93. The summed E-state index contributed by atoms with van der Waals surface area (Å²) in [7, 11) is -2.48. The summed E-state index contributed by atoms with van der Waals surface area (Å²) in [6, 6.07) is 8.99. The van der Waals surface area contributed by atoms with Gasteiger partial charge in [-0.25, -0.2) is 13.4 Å². The lowest BCUT2D eigenvalue weighted by atomic mass is 10.0. The Morgan fingerprint density at radius 1 is 1.25 bits per heavy atom. The van der Waals surface area contributed by atoms with E-state index in [0.29, 0.717) is 17.4 Å². The van der Waals surface area contributed by atoms with Crippen molar-refractivity contribution in [2.75, 3.05) is 12.8 Å². The summed E-state index contributed by atoms with van der Waals surface area (Å²) in [5.41, 5.74) is -0.550. The molecule has 0 radical (unpaired) electrons. The maximum Gasteiger partial charge on any atom is 0.407 e. The fourth-order valence-corrected chi connectivity index (χ4v) is 3.48. The van der Waals surface area contributed by atoms with Crippen LogP contribution in [-0.4, -0.2) is 34.7 Å². The van der Waals surface area contributed by atoms with E-state index < -0.39 is 21.4 Å². The highest BCUT2D eigenvalue weighted by Gasteiger charge is 2.20. The third-order valence-corrected chi connectivity index (χ3v) is 4.99. The first kappa shape index (κ1) is 20.5. The maximum absolute atomic E-state index is 12.8. The summed E-state index contributed by atoms with van der Waals surface area (Å²) in [5.74, 6) is 0.379. The Labute approximate surface area is 146 Å². The molecule has 136 valence electrons. The summed E-state index contributed by atoms with van der Waals surface area (Å²) < 4.78 is 22.5. The molecule has 1 rings (SSSR count). The number of carbonyl (C=O) groups is 1. The Bertz CT molecular complexity index is 642. The van der Waals surface area contributed by atoms with Crippen molar-refractivity contribution in [3.05, 3.63) is 30.3 Å². The molecule has 24 heavy (non-hydrogen) atoms. The first-order chi connectivity index (χ1) is 11.0. The van der Waals surface area contributed by atoms with Gasteiger partial charge in [0.25, 0.3) is 0 Å². The Balaban J connectivity index is 2.84. The molecule has 0 heterocycles. The maximum atomic E-state index is 12.8. The molecule has 1 N–H and O–H groups in total. The fourth-order valence-electron chi connectivity index (χ4n) is 2.20. The molecule has 0 aliphatic rings. The van der Waals surface area contributed by atoms with Gasteiger partial charge in [-0.3, -0.25) is 0 Å². The first-order valence-electron chi connectivity index (χ1n) is 8.22. The van der Waals surface area contributed by atoms with Crippen LogP contribution in [0.4, 0.5) is 4.79 Å². The van der Waals surface area contributed by atoms with E-state index in [0.717, 1.165) is 6.42 Å². The molecule has 0 bridgehead atoms. The molecule has 0 aliphatic carbocycles. The minimum absolute atomic E-state index is 0.204. The smallest absolute Gasteiger partial charge is 0.407 e. The molecule has 1 unspecified atom stereocenters. The van der Waals surface area contributed by atoms with E-state index in [9.17, 15) is 9.00 Å². The van der Waals surface area contributed by atoms with Crippen LogP contribution in [0.3, 0.4) is 0 Å². The molecule has 1 aromatic carbocycles.